The number of nitrogens with zero attached hydrogens (tertiary/aromatic N) is 6. The van der Waals surface area contributed by atoms with Crippen molar-refractivity contribution in [3.8, 4) is 5.69 Å². The summed E-state index contributed by atoms with van der Waals surface area (Å²) in [6.07, 6.45) is 4.11. The number of amides is 1. The van der Waals surface area contributed by atoms with Crippen LogP contribution in [0, 0.1) is 25.6 Å². The van der Waals surface area contributed by atoms with Gasteiger partial charge in [0.1, 0.15) is 17.1 Å². The molecule has 3 unspecified atom stereocenters. The lowest BCUT2D eigenvalue weighted by atomic mass is 9.91. The Morgan fingerprint density at radius 2 is 1.59 bits per heavy atom. The zero-order valence-corrected chi connectivity index (χ0v) is 37.1. The van der Waals surface area contributed by atoms with Crippen molar-refractivity contribution < 1.29 is 26.9 Å². The molecule has 14 nitrogen and oxygen atoms in total. The summed E-state index contributed by atoms with van der Waals surface area (Å²) in [6.45, 7) is 10.0. The van der Waals surface area contributed by atoms with Crippen LogP contribution in [0.1, 0.15) is 114 Å². The fourth-order valence-corrected chi connectivity index (χ4v) is 12.3. The number of sulfone groups is 1. The van der Waals surface area contributed by atoms with Crippen molar-refractivity contribution in [1.29, 1.82) is 0 Å². The molecule has 2 saturated carbocycles. The van der Waals surface area contributed by atoms with Crippen molar-refractivity contribution in [3.63, 3.8) is 0 Å². The standard InChI is InChI=1S/C48H50FN7O7S/c1-26-19-35(20-27(2)41(26)49)55-43(57)38-13-16-54(29(4)42(38)50-46(55)53-24-34(25-53)30-5-8-36(9-6-30)64(60,61)37-10-11-37)44(58)40-22-33-21-32(31-14-17-62-18-15-31)7-12-39(33)56(40)48(23-28(48)3)45-51-47(59)63-52-45/h5-9,12,19-22,28-29,31,34,37H,10-11,13-18,23-25H2,1-4H3,(H,51,52,59). The predicted octanol–water partition coefficient (Wildman–Crippen LogP) is 6.60. The molecule has 2 aliphatic carbocycles. The van der Waals surface area contributed by atoms with Crippen molar-refractivity contribution in [2.75, 3.05) is 37.7 Å². The summed E-state index contributed by atoms with van der Waals surface area (Å²) >= 11 is 0. The quantitative estimate of drug-likeness (QED) is 0.167. The average molecular weight is 888 g/mol. The van der Waals surface area contributed by atoms with Crippen LogP contribution < -0.4 is 16.2 Å². The second-order valence-corrected chi connectivity index (χ2v) is 20.9. The minimum atomic E-state index is -3.32. The Morgan fingerprint density at radius 1 is 0.906 bits per heavy atom. The number of aromatic nitrogens is 5. The number of hydrogen-bond donors (Lipinski definition) is 1. The predicted molar refractivity (Wildman–Crippen MR) is 237 cm³/mol. The number of anilines is 1. The number of fused-ring (bicyclic) bond motifs is 2. The highest BCUT2D eigenvalue weighted by atomic mass is 32.2. The van der Waals surface area contributed by atoms with Crippen LogP contribution in [0.25, 0.3) is 16.6 Å². The molecule has 1 N–H and O–H groups in total. The van der Waals surface area contributed by atoms with E-state index < -0.39 is 27.2 Å². The van der Waals surface area contributed by atoms with Gasteiger partial charge in [-0.3, -0.25) is 19.1 Å². The van der Waals surface area contributed by atoms with Gasteiger partial charge in [-0.25, -0.2) is 27.2 Å². The molecule has 64 heavy (non-hydrogen) atoms. The molecular formula is C48H50FN7O7S. The van der Waals surface area contributed by atoms with E-state index in [1.807, 2.05) is 34.6 Å². The van der Waals surface area contributed by atoms with Crippen LogP contribution in [-0.4, -0.2) is 81.6 Å². The molecule has 3 atom stereocenters. The second kappa shape index (κ2) is 14.8. The van der Waals surface area contributed by atoms with Gasteiger partial charge in [0, 0.05) is 55.2 Å². The second-order valence-electron chi connectivity index (χ2n) is 18.7. The Balaban J connectivity index is 0.973. The number of rotatable bonds is 9. The van der Waals surface area contributed by atoms with E-state index in [2.05, 4.69) is 35.3 Å². The fourth-order valence-electron chi connectivity index (χ4n) is 10.7. The highest BCUT2D eigenvalue weighted by Crippen LogP contribution is 2.56. The summed E-state index contributed by atoms with van der Waals surface area (Å²) in [6, 6.07) is 18.2. The maximum atomic E-state index is 15.3. The minimum absolute atomic E-state index is 0.0283. The summed E-state index contributed by atoms with van der Waals surface area (Å²) in [5, 5.41) is 4.77. The smallest absolute Gasteiger partial charge is 0.381 e. The normalized spacial score (nSPS) is 22.8. The number of H-pyrrole nitrogens is 1. The van der Waals surface area contributed by atoms with Crippen LogP contribution in [-0.2, 0) is 26.5 Å². The van der Waals surface area contributed by atoms with E-state index in [-0.39, 0.29) is 47.3 Å². The fraction of sp³-hybridized carbons (Fsp3) is 0.438. The Kier molecular flexibility index (Phi) is 9.48. The van der Waals surface area contributed by atoms with Crippen LogP contribution in [0.5, 0.6) is 0 Å². The van der Waals surface area contributed by atoms with E-state index in [9.17, 15) is 18.0 Å². The maximum absolute atomic E-state index is 15.3. The number of carbonyl (C=O) groups is 1. The average Bonchev–Trinajstić information content (AvgIpc) is 4.16. The molecule has 3 aromatic heterocycles. The molecule has 3 aliphatic heterocycles. The number of ether oxygens (including phenoxy) is 1. The molecule has 0 bridgehead atoms. The van der Waals surface area contributed by atoms with E-state index >= 15 is 9.18 Å². The lowest BCUT2D eigenvalue weighted by Crippen LogP contribution is -2.50. The van der Waals surface area contributed by atoms with Gasteiger partial charge in [0.25, 0.3) is 11.5 Å². The molecule has 5 aliphatic rings. The number of benzene rings is 3. The van der Waals surface area contributed by atoms with Crippen LogP contribution >= 0.6 is 0 Å². The lowest BCUT2D eigenvalue weighted by Gasteiger charge is -2.42. The largest absolute Gasteiger partial charge is 0.438 e. The van der Waals surface area contributed by atoms with Gasteiger partial charge in [-0.05, 0) is 136 Å². The minimum Gasteiger partial charge on any atom is -0.381 e. The Hall–Kier alpha value is -5.87. The van der Waals surface area contributed by atoms with E-state index in [1.54, 1.807) is 47.6 Å². The Labute approximate surface area is 369 Å². The summed E-state index contributed by atoms with van der Waals surface area (Å²) < 4.78 is 55.1. The number of aryl methyl sites for hydroxylation is 2. The van der Waals surface area contributed by atoms with E-state index in [4.69, 9.17) is 14.2 Å². The van der Waals surface area contributed by atoms with Crippen LogP contribution in [0.3, 0.4) is 0 Å². The van der Waals surface area contributed by atoms with Gasteiger partial charge in [0.15, 0.2) is 15.7 Å². The molecule has 4 fully saturated rings. The molecule has 3 aromatic carbocycles. The first kappa shape index (κ1) is 40.9. The SMILES string of the molecule is Cc1cc(-n2c(N3CC(c4ccc(S(=O)(=O)C5CC5)cc4)C3)nc3c(c2=O)CCN(C(=O)c2cc4cc(C5CCOCC5)ccc4n2C2(c4noc(=O)[nH]4)CC2C)C3C)cc(C)c1F. The number of halogens is 1. The van der Waals surface area contributed by atoms with Gasteiger partial charge in [-0.1, -0.05) is 30.3 Å². The summed E-state index contributed by atoms with van der Waals surface area (Å²) in [7, 11) is -3.32. The zero-order chi connectivity index (χ0) is 44.4. The summed E-state index contributed by atoms with van der Waals surface area (Å²) in [5.41, 5.74) is 4.71. The lowest BCUT2D eigenvalue weighted by molar-refractivity contribution is 0.0658. The third kappa shape index (κ3) is 6.41. The molecule has 11 rings (SSSR count). The highest BCUT2D eigenvalue weighted by Gasteiger charge is 2.59. The van der Waals surface area contributed by atoms with E-state index in [0.29, 0.717) is 102 Å². The number of aromatic amines is 1. The van der Waals surface area contributed by atoms with Crippen LogP contribution in [0.2, 0.25) is 0 Å². The van der Waals surface area contributed by atoms with Gasteiger partial charge < -0.3 is 19.1 Å². The molecule has 16 heteroatoms. The van der Waals surface area contributed by atoms with E-state index in [1.165, 1.54) is 5.56 Å². The zero-order valence-electron chi connectivity index (χ0n) is 36.3. The van der Waals surface area contributed by atoms with Crippen LogP contribution in [0.15, 0.2) is 79.7 Å². The van der Waals surface area contributed by atoms with Gasteiger partial charge in [0.2, 0.25) is 5.95 Å². The van der Waals surface area contributed by atoms with Gasteiger partial charge >= 0.3 is 5.76 Å². The van der Waals surface area contributed by atoms with Crippen molar-refractivity contribution >= 4 is 32.6 Å². The van der Waals surface area contributed by atoms with Crippen LogP contribution in [0.4, 0.5) is 10.3 Å². The van der Waals surface area contributed by atoms with E-state index in [0.717, 1.165) is 29.3 Å². The van der Waals surface area contributed by atoms with Crippen molar-refractivity contribution in [3.05, 3.63) is 132 Å². The first-order valence-corrected chi connectivity index (χ1v) is 23.9. The van der Waals surface area contributed by atoms with Crippen molar-refractivity contribution in [1.82, 2.24) is 29.2 Å². The van der Waals surface area contributed by atoms with Gasteiger partial charge in [0.05, 0.1) is 27.6 Å². The van der Waals surface area contributed by atoms with Gasteiger partial charge in [-0.15, -0.1) is 0 Å². The Morgan fingerprint density at radius 3 is 2.23 bits per heavy atom. The third-order valence-corrected chi connectivity index (χ3v) is 16.9. The first-order chi connectivity index (χ1) is 30.7. The molecule has 6 aromatic rings. The third-order valence-electron chi connectivity index (χ3n) is 14.7. The topological polar surface area (TPSA) is 166 Å². The monoisotopic (exact) mass is 887 g/mol. The summed E-state index contributed by atoms with van der Waals surface area (Å²) in [5.74, 6) is -0.0487. The molecule has 6 heterocycles. The molecule has 0 radical (unpaired) electrons. The molecule has 332 valence electrons. The highest BCUT2D eigenvalue weighted by molar-refractivity contribution is 7.92. The maximum Gasteiger partial charge on any atom is 0.438 e. The first-order valence-electron chi connectivity index (χ1n) is 22.4. The van der Waals surface area contributed by atoms with Gasteiger partial charge in [-0.2, -0.15) is 0 Å². The Bertz CT molecular complexity index is 3100. The molecule has 0 spiro atoms. The molecule has 1 amide bonds. The molecular weight excluding hydrogens is 838 g/mol. The number of carbonyl (C=O) groups excluding carboxylic acids is 1. The van der Waals surface area contributed by atoms with Crippen molar-refractivity contribution in [2.45, 2.75) is 99.8 Å². The van der Waals surface area contributed by atoms with Crippen molar-refractivity contribution in [2.24, 2.45) is 5.92 Å². The number of nitrogens with one attached hydrogen (secondary N) is 1. The number of hydrogen-bond acceptors (Lipinski definition) is 10. The molecule has 2 saturated heterocycles. The summed E-state index contributed by atoms with van der Waals surface area (Å²) in [4.78, 5) is 54.7.